The number of hydrogen-bond acceptors (Lipinski definition) is 3. The molecule has 1 heterocycles. The van der Waals surface area contributed by atoms with Crippen LogP contribution < -0.4 is 4.74 Å². The van der Waals surface area contributed by atoms with Crippen molar-refractivity contribution in [3.63, 3.8) is 0 Å². The van der Waals surface area contributed by atoms with E-state index in [0.717, 1.165) is 24.2 Å². The van der Waals surface area contributed by atoms with Gasteiger partial charge in [-0.2, -0.15) is 0 Å². The van der Waals surface area contributed by atoms with Crippen molar-refractivity contribution >= 4 is 0 Å². The molecule has 1 aromatic carbocycles. The van der Waals surface area contributed by atoms with Gasteiger partial charge in [-0.05, 0) is 25.0 Å². The second-order valence-electron chi connectivity index (χ2n) is 3.96. The van der Waals surface area contributed by atoms with Crippen molar-refractivity contribution in [2.24, 2.45) is 0 Å². The first-order chi connectivity index (χ1) is 7.13. The molecule has 1 N–H and O–H groups in total. The zero-order chi connectivity index (χ0) is 10.9. The van der Waals surface area contributed by atoms with Gasteiger partial charge in [-0.15, -0.1) is 0 Å². The molecule has 3 heteroatoms. The van der Waals surface area contributed by atoms with Crippen molar-refractivity contribution in [1.29, 1.82) is 0 Å². The molecule has 3 nitrogen and oxygen atoms in total. The maximum atomic E-state index is 9.37. The van der Waals surface area contributed by atoms with Crippen molar-refractivity contribution in [3.05, 3.63) is 23.8 Å². The lowest BCUT2D eigenvalue weighted by Crippen LogP contribution is -2.39. The van der Waals surface area contributed by atoms with Gasteiger partial charge in [0.05, 0.1) is 0 Å². The van der Waals surface area contributed by atoms with Gasteiger partial charge in [-0.1, -0.05) is 6.07 Å². The molecule has 0 radical (unpaired) electrons. The Morgan fingerprint density at radius 1 is 1.53 bits per heavy atom. The molecule has 0 amide bonds. The summed E-state index contributed by atoms with van der Waals surface area (Å²) in [4.78, 5) is 0. The summed E-state index contributed by atoms with van der Waals surface area (Å²) in [5.41, 5.74) is 1.13. The summed E-state index contributed by atoms with van der Waals surface area (Å²) in [5.74, 6) is 0.418. The minimum absolute atomic E-state index is 0.231. The maximum absolute atomic E-state index is 9.37. The van der Waals surface area contributed by atoms with Crippen LogP contribution in [0.25, 0.3) is 0 Å². The third kappa shape index (κ3) is 2.07. The molecule has 2 rings (SSSR count). The Morgan fingerprint density at radius 3 is 3.07 bits per heavy atom. The molecule has 0 saturated heterocycles. The zero-order valence-corrected chi connectivity index (χ0v) is 9.12. The number of fused-ring (bicyclic) bond motifs is 1. The van der Waals surface area contributed by atoms with Crippen LogP contribution in [0, 0.1) is 0 Å². The molecule has 1 unspecified atom stereocenters. The van der Waals surface area contributed by atoms with Crippen LogP contribution in [-0.2, 0) is 11.2 Å². The standard InChI is InChI=1S/C12H16O3/c1-3-14-12(2)7-6-9-4-5-10(13)8-11(9)15-12/h4-5,8,13H,3,6-7H2,1-2H3. The fourth-order valence-corrected chi connectivity index (χ4v) is 1.90. The molecule has 1 aliphatic rings. The number of rotatable bonds is 2. The third-order valence-corrected chi connectivity index (χ3v) is 2.67. The highest BCUT2D eigenvalue weighted by molar-refractivity contribution is 5.41. The van der Waals surface area contributed by atoms with Crippen LogP contribution in [0.1, 0.15) is 25.8 Å². The van der Waals surface area contributed by atoms with Crippen LogP contribution >= 0.6 is 0 Å². The molecule has 1 aliphatic heterocycles. The minimum Gasteiger partial charge on any atom is -0.508 e. The lowest BCUT2D eigenvalue weighted by atomic mass is 10.0. The van der Waals surface area contributed by atoms with Gasteiger partial charge in [0.2, 0.25) is 5.79 Å². The largest absolute Gasteiger partial charge is 0.508 e. The van der Waals surface area contributed by atoms with Gasteiger partial charge in [0, 0.05) is 26.0 Å². The first-order valence-corrected chi connectivity index (χ1v) is 5.28. The summed E-state index contributed by atoms with van der Waals surface area (Å²) in [7, 11) is 0. The van der Waals surface area contributed by atoms with Crippen molar-refractivity contribution < 1.29 is 14.6 Å². The van der Waals surface area contributed by atoms with Gasteiger partial charge in [-0.25, -0.2) is 0 Å². The summed E-state index contributed by atoms with van der Waals surface area (Å²) < 4.78 is 11.3. The van der Waals surface area contributed by atoms with E-state index in [1.165, 1.54) is 0 Å². The van der Waals surface area contributed by atoms with Crippen molar-refractivity contribution in [3.8, 4) is 11.5 Å². The molecular weight excluding hydrogens is 192 g/mol. The molecular formula is C12H16O3. The normalized spacial score (nSPS) is 24.4. The van der Waals surface area contributed by atoms with Crippen molar-refractivity contribution in [1.82, 2.24) is 0 Å². The first kappa shape index (κ1) is 10.3. The average Bonchev–Trinajstić information content (AvgIpc) is 2.17. The predicted molar refractivity (Wildman–Crippen MR) is 57.1 cm³/mol. The molecule has 1 aromatic rings. The molecule has 15 heavy (non-hydrogen) atoms. The van der Waals surface area contributed by atoms with E-state index in [2.05, 4.69) is 0 Å². The molecule has 0 aromatic heterocycles. The number of aromatic hydroxyl groups is 1. The average molecular weight is 208 g/mol. The summed E-state index contributed by atoms with van der Waals surface area (Å²) in [6.07, 6.45) is 1.77. The van der Waals surface area contributed by atoms with Crippen LogP contribution in [0.3, 0.4) is 0 Å². The molecule has 1 atom stereocenters. The highest BCUT2D eigenvalue weighted by Gasteiger charge is 2.31. The van der Waals surface area contributed by atoms with Crippen molar-refractivity contribution in [2.75, 3.05) is 6.61 Å². The fraction of sp³-hybridized carbons (Fsp3) is 0.500. The zero-order valence-electron chi connectivity index (χ0n) is 9.12. The van der Waals surface area contributed by atoms with E-state index in [-0.39, 0.29) is 5.75 Å². The summed E-state index contributed by atoms with van der Waals surface area (Å²) in [6, 6.07) is 5.23. The summed E-state index contributed by atoms with van der Waals surface area (Å²) >= 11 is 0. The van der Waals surface area contributed by atoms with Crippen LogP contribution in [0.4, 0.5) is 0 Å². The van der Waals surface area contributed by atoms with Gasteiger partial charge in [0.25, 0.3) is 0 Å². The van der Waals surface area contributed by atoms with E-state index in [0.29, 0.717) is 6.61 Å². The Bertz CT molecular complexity index is 362. The monoisotopic (exact) mass is 208 g/mol. The smallest absolute Gasteiger partial charge is 0.208 e. The molecule has 0 aliphatic carbocycles. The second-order valence-corrected chi connectivity index (χ2v) is 3.96. The van der Waals surface area contributed by atoms with E-state index in [1.807, 2.05) is 19.9 Å². The van der Waals surface area contributed by atoms with E-state index < -0.39 is 5.79 Å². The molecule has 0 bridgehead atoms. The first-order valence-electron chi connectivity index (χ1n) is 5.28. The Hall–Kier alpha value is -1.22. The van der Waals surface area contributed by atoms with Crippen LogP contribution in [-0.4, -0.2) is 17.5 Å². The number of hydrogen-bond donors (Lipinski definition) is 1. The van der Waals surface area contributed by atoms with Crippen LogP contribution in [0.5, 0.6) is 11.5 Å². The van der Waals surface area contributed by atoms with E-state index in [1.54, 1.807) is 12.1 Å². The topological polar surface area (TPSA) is 38.7 Å². The maximum Gasteiger partial charge on any atom is 0.208 e. The molecule has 82 valence electrons. The van der Waals surface area contributed by atoms with E-state index >= 15 is 0 Å². The van der Waals surface area contributed by atoms with Gasteiger partial charge >= 0.3 is 0 Å². The lowest BCUT2D eigenvalue weighted by Gasteiger charge is -2.35. The van der Waals surface area contributed by atoms with Gasteiger partial charge in [-0.3, -0.25) is 0 Å². The highest BCUT2D eigenvalue weighted by Crippen LogP contribution is 2.35. The molecule has 0 saturated carbocycles. The number of benzene rings is 1. The number of phenolic OH excluding ortho intramolecular Hbond substituents is 1. The lowest BCUT2D eigenvalue weighted by molar-refractivity contribution is -0.176. The van der Waals surface area contributed by atoms with Crippen LogP contribution in [0.15, 0.2) is 18.2 Å². The van der Waals surface area contributed by atoms with Crippen LogP contribution in [0.2, 0.25) is 0 Å². The Kier molecular flexibility index (Phi) is 2.57. The Morgan fingerprint density at radius 2 is 2.33 bits per heavy atom. The Labute approximate surface area is 89.6 Å². The summed E-state index contributed by atoms with van der Waals surface area (Å²) in [6.45, 7) is 4.51. The van der Waals surface area contributed by atoms with Gasteiger partial charge in [0.1, 0.15) is 11.5 Å². The van der Waals surface area contributed by atoms with E-state index in [9.17, 15) is 5.11 Å². The molecule has 0 spiro atoms. The fourth-order valence-electron chi connectivity index (χ4n) is 1.90. The van der Waals surface area contributed by atoms with E-state index in [4.69, 9.17) is 9.47 Å². The third-order valence-electron chi connectivity index (χ3n) is 2.67. The second kappa shape index (κ2) is 3.74. The molecule has 0 fully saturated rings. The SMILES string of the molecule is CCOC1(C)CCc2ccc(O)cc2O1. The Balaban J connectivity index is 2.25. The minimum atomic E-state index is -0.546. The van der Waals surface area contributed by atoms with Gasteiger partial charge in [0.15, 0.2) is 0 Å². The number of ether oxygens (including phenoxy) is 2. The van der Waals surface area contributed by atoms with Crippen molar-refractivity contribution in [2.45, 2.75) is 32.5 Å². The number of phenols is 1. The number of aryl methyl sites for hydroxylation is 1. The van der Waals surface area contributed by atoms with Gasteiger partial charge < -0.3 is 14.6 Å². The highest BCUT2D eigenvalue weighted by atomic mass is 16.7. The summed E-state index contributed by atoms with van der Waals surface area (Å²) in [5, 5.41) is 9.37. The predicted octanol–water partition coefficient (Wildman–Crippen LogP) is 2.47. The quantitative estimate of drug-likeness (QED) is 0.811.